The SMILES string of the molecule is CCOc1cc([C@@H]2NC(=S)NC(c3ccc(Cl)cc3)=C2C(=O)OC)ccc1OCc1cccc(C)c1. The Morgan fingerprint density at radius 2 is 1.81 bits per heavy atom. The van der Waals surface area contributed by atoms with Crippen LogP contribution in [0.3, 0.4) is 0 Å². The summed E-state index contributed by atoms with van der Waals surface area (Å²) in [5.74, 6) is 0.705. The molecule has 0 aliphatic carbocycles. The first-order chi connectivity index (χ1) is 17.4. The van der Waals surface area contributed by atoms with Gasteiger partial charge in [-0.3, -0.25) is 0 Å². The summed E-state index contributed by atoms with van der Waals surface area (Å²) in [7, 11) is 1.35. The third kappa shape index (κ3) is 5.80. The maximum Gasteiger partial charge on any atom is 0.338 e. The zero-order valence-corrected chi connectivity index (χ0v) is 21.8. The fraction of sp³-hybridized carbons (Fsp3) is 0.214. The van der Waals surface area contributed by atoms with E-state index >= 15 is 0 Å². The van der Waals surface area contributed by atoms with Crippen LogP contribution >= 0.6 is 23.8 Å². The fourth-order valence-electron chi connectivity index (χ4n) is 4.04. The average Bonchev–Trinajstić information content (AvgIpc) is 2.87. The number of carbonyl (C=O) groups is 1. The van der Waals surface area contributed by atoms with Crippen LogP contribution in [0.5, 0.6) is 11.5 Å². The van der Waals surface area contributed by atoms with E-state index in [1.54, 1.807) is 12.1 Å². The highest BCUT2D eigenvalue weighted by atomic mass is 35.5. The third-order valence-electron chi connectivity index (χ3n) is 5.69. The standard InChI is InChI=1S/C28H27ClN2O4S/c1-4-34-23-15-20(10-13-22(23)35-16-18-7-5-6-17(2)14-18)26-24(27(32)33-3)25(30-28(36)31-26)19-8-11-21(29)12-9-19/h5-15,26H,4,16H2,1-3H3,(H2,30,31,36)/t26-/m0/s1. The molecule has 8 heteroatoms. The second-order valence-corrected chi connectivity index (χ2v) is 9.08. The van der Waals surface area contributed by atoms with Gasteiger partial charge < -0.3 is 24.8 Å². The van der Waals surface area contributed by atoms with Crippen molar-refractivity contribution in [2.45, 2.75) is 26.5 Å². The van der Waals surface area contributed by atoms with Crippen molar-refractivity contribution in [3.63, 3.8) is 0 Å². The second-order valence-electron chi connectivity index (χ2n) is 8.24. The summed E-state index contributed by atoms with van der Waals surface area (Å²) < 4.78 is 17.1. The molecule has 1 aliphatic rings. The summed E-state index contributed by atoms with van der Waals surface area (Å²) in [5, 5.41) is 7.29. The minimum absolute atomic E-state index is 0.385. The number of thiocarbonyl (C=S) groups is 1. The van der Waals surface area contributed by atoms with Crippen molar-refractivity contribution in [1.82, 2.24) is 10.6 Å². The number of hydrogen-bond acceptors (Lipinski definition) is 5. The molecule has 0 radical (unpaired) electrons. The van der Waals surface area contributed by atoms with E-state index in [0.717, 1.165) is 16.7 Å². The topological polar surface area (TPSA) is 68.8 Å². The number of aryl methyl sites for hydroxylation is 1. The minimum Gasteiger partial charge on any atom is -0.490 e. The molecule has 0 aromatic heterocycles. The van der Waals surface area contributed by atoms with Gasteiger partial charge in [0.2, 0.25) is 0 Å². The van der Waals surface area contributed by atoms with E-state index in [0.29, 0.717) is 46.1 Å². The quantitative estimate of drug-likeness (QED) is 0.289. The number of hydrogen-bond donors (Lipinski definition) is 2. The summed E-state index contributed by atoms with van der Waals surface area (Å²) in [6.45, 7) is 4.82. The molecule has 2 N–H and O–H groups in total. The van der Waals surface area contributed by atoms with Crippen molar-refractivity contribution in [2.75, 3.05) is 13.7 Å². The Hall–Kier alpha value is -3.55. The van der Waals surface area contributed by atoms with Crippen LogP contribution in [0.2, 0.25) is 5.02 Å². The Balaban J connectivity index is 1.72. The lowest BCUT2D eigenvalue weighted by atomic mass is 9.92. The van der Waals surface area contributed by atoms with Gasteiger partial charge in [0.05, 0.1) is 31.0 Å². The van der Waals surface area contributed by atoms with Gasteiger partial charge in [-0.25, -0.2) is 4.79 Å². The van der Waals surface area contributed by atoms with Crippen molar-refractivity contribution in [3.05, 3.63) is 99.6 Å². The molecule has 1 heterocycles. The van der Waals surface area contributed by atoms with Crippen molar-refractivity contribution < 1.29 is 19.0 Å². The van der Waals surface area contributed by atoms with Gasteiger partial charge in [-0.15, -0.1) is 0 Å². The number of esters is 1. The summed E-state index contributed by atoms with van der Waals surface area (Å²) in [6.07, 6.45) is 0. The molecule has 0 unspecified atom stereocenters. The number of carbonyl (C=O) groups excluding carboxylic acids is 1. The molecule has 36 heavy (non-hydrogen) atoms. The Kier molecular flexibility index (Phi) is 8.13. The van der Waals surface area contributed by atoms with E-state index in [1.807, 2.05) is 62.4 Å². The van der Waals surface area contributed by atoms with Gasteiger partial charge in [0.1, 0.15) is 6.61 Å². The lowest BCUT2D eigenvalue weighted by Gasteiger charge is -2.31. The predicted molar refractivity (Wildman–Crippen MR) is 145 cm³/mol. The maximum absolute atomic E-state index is 13.0. The van der Waals surface area contributed by atoms with Gasteiger partial charge in [-0.2, -0.15) is 0 Å². The first-order valence-corrected chi connectivity index (χ1v) is 12.3. The Morgan fingerprint density at radius 1 is 1.03 bits per heavy atom. The van der Waals surface area contributed by atoms with Crippen LogP contribution in [0.25, 0.3) is 5.70 Å². The number of halogens is 1. The molecule has 0 bridgehead atoms. The Bertz CT molecular complexity index is 1310. The van der Waals surface area contributed by atoms with E-state index in [-0.39, 0.29) is 0 Å². The highest BCUT2D eigenvalue weighted by molar-refractivity contribution is 7.80. The molecule has 0 spiro atoms. The van der Waals surface area contributed by atoms with Crippen LogP contribution < -0.4 is 20.1 Å². The lowest BCUT2D eigenvalue weighted by molar-refractivity contribution is -0.136. The molecule has 4 rings (SSSR count). The van der Waals surface area contributed by atoms with Crippen molar-refractivity contribution in [3.8, 4) is 11.5 Å². The zero-order valence-electron chi connectivity index (χ0n) is 20.3. The Morgan fingerprint density at radius 3 is 2.50 bits per heavy atom. The monoisotopic (exact) mass is 522 g/mol. The van der Waals surface area contributed by atoms with Crippen molar-refractivity contribution in [2.24, 2.45) is 0 Å². The molecule has 1 atom stereocenters. The molecule has 0 amide bonds. The van der Waals surface area contributed by atoms with Crippen LogP contribution in [0, 0.1) is 6.92 Å². The molecule has 186 valence electrons. The molecular formula is C28H27ClN2O4S. The fourth-order valence-corrected chi connectivity index (χ4v) is 4.39. The second kappa shape index (κ2) is 11.5. The van der Waals surface area contributed by atoms with Gasteiger partial charge in [-0.1, -0.05) is 59.6 Å². The first-order valence-electron chi connectivity index (χ1n) is 11.5. The van der Waals surface area contributed by atoms with Gasteiger partial charge >= 0.3 is 5.97 Å². The summed E-state index contributed by atoms with van der Waals surface area (Å²) in [5.41, 5.74) is 4.72. The number of benzene rings is 3. The molecular weight excluding hydrogens is 496 g/mol. The van der Waals surface area contributed by atoms with Crippen LogP contribution in [0.1, 0.15) is 35.2 Å². The molecule has 0 saturated heterocycles. The molecule has 6 nitrogen and oxygen atoms in total. The molecule has 0 saturated carbocycles. The van der Waals surface area contributed by atoms with E-state index in [2.05, 4.69) is 16.7 Å². The van der Waals surface area contributed by atoms with Crippen molar-refractivity contribution >= 4 is 40.6 Å². The highest BCUT2D eigenvalue weighted by Gasteiger charge is 2.33. The van der Waals surface area contributed by atoms with Gasteiger partial charge in [0, 0.05) is 5.02 Å². The number of nitrogens with one attached hydrogen (secondary N) is 2. The lowest BCUT2D eigenvalue weighted by Crippen LogP contribution is -2.45. The summed E-state index contributed by atoms with van der Waals surface area (Å²) >= 11 is 11.6. The van der Waals surface area contributed by atoms with Gasteiger partial charge in [-0.05, 0) is 67.0 Å². The average molecular weight is 523 g/mol. The van der Waals surface area contributed by atoms with E-state index in [1.165, 1.54) is 12.7 Å². The van der Waals surface area contributed by atoms with Crippen LogP contribution in [0.15, 0.2) is 72.3 Å². The largest absolute Gasteiger partial charge is 0.490 e. The smallest absolute Gasteiger partial charge is 0.338 e. The van der Waals surface area contributed by atoms with Gasteiger partial charge in [0.15, 0.2) is 16.6 Å². The number of methoxy groups -OCH3 is 1. The first kappa shape index (κ1) is 25.5. The molecule has 0 fully saturated rings. The molecule has 3 aromatic carbocycles. The van der Waals surface area contributed by atoms with Gasteiger partial charge in [0.25, 0.3) is 0 Å². The van der Waals surface area contributed by atoms with E-state index in [9.17, 15) is 4.79 Å². The van der Waals surface area contributed by atoms with Crippen molar-refractivity contribution in [1.29, 1.82) is 0 Å². The normalized spacial score (nSPS) is 15.1. The Labute approximate surface area is 221 Å². The number of ether oxygens (including phenoxy) is 3. The van der Waals surface area contributed by atoms with Crippen LogP contribution in [-0.4, -0.2) is 24.8 Å². The van der Waals surface area contributed by atoms with E-state index < -0.39 is 12.0 Å². The van der Waals surface area contributed by atoms with Crippen LogP contribution in [0.4, 0.5) is 0 Å². The van der Waals surface area contributed by atoms with E-state index in [4.69, 9.17) is 38.0 Å². The highest BCUT2D eigenvalue weighted by Crippen LogP contribution is 2.37. The number of rotatable bonds is 8. The summed E-state index contributed by atoms with van der Waals surface area (Å²) in [6, 6.07) is 20.4. The van der Waals surface area contributed by atoms with Crippen LogP contribution in [-0.2, 0) is 16.1 Å². The zero-order chi connectivity index (χ0) is 25.7. The summed E-state index contributed by atoms with van der Waals surface area (Å²) in [4.78, 5) is 13.0. The molecule has 3 aromatic rings. The predicted octanol–water partition coefficient (Wildman–Crippen LogP) is 5.73. The third-order valence-corrected chi connectivity index (χ3v) is 6.16. The maximum atomic E-state index is 13.0. The molecule has 1 aliphatic heterocycles. The minimum atomic E-state index is -0.568.